The van der Waals surface area contributed by atoms with Gasteiger partial charge >= 0.3 is 0 Å². The Balaban J connectivity index is 1.79. The second-order valence-corrected chi connectivity index (χ2v) is 10.1. The highest BCUT2D eigenvalue weighted by Crippen LogP contribution is 2.43. The number of benzene rings is 2. The third kappa shape index (κ3) is 4.28. The van der Waals surface area contributed by atoms with Gasteiger partial charge in [-0.25, -0.2) is 12.8 Å². The number of H-pyrrole nitrogens is 1. The van der Waals surface area contributed by atoms with Gasteiger partial charge in [-0.2, -0.15) is 9.94 Å². The van der Waals surface area contributed by atoms with Gasteiger partial charge in [0.25, 0.3) is 0 Å². The van der Waals surface area contributed by atoms with Gasteiger partial charge in [0, 0.05) is 13.0 Å². The predicted octanol–water partition coefficient (Wildman–Crippen LogP) is 3.26. The third-order valence-electron chi connectivity index (χ3n) is 6.00. The summed E-state index contributed by atoms with van der Waals surface area (Å²) < 4.78 is 50.4. The summed E-state index contributed by atoms with van der Waals surface area (Å²) in [4.78, 5) is 1.76. The van der Waals surface area contributed by atoms with Crippen molar-refractivity contribution in [2.75, 3.05) is 25.1 Å². The Morgan fingerprint density at radius 1 is 1.27 bits per heavy atom. The van der Waals surface area contributed by atoms with Crippen LogP contribution in [0, 0.1) is 19.7 Å². The highest BCUT2D eigenvalue weighted by Gasteiger charge is 2.35. The van der Waals surface area contributed by atoms with Crippen LogP contribution in [0.25, 0.3) is 0 Å². The number of ether oxygens (including phenoxy) is 1. The SMILES string of the molecule is Cc1ccc(F)c([C@@H](C)[C@H](NS(=O)(=O)c2ccc(Cl)c3c2OCCN3C)c2nn[nH]n2)c1C. The van der Waals surface area contributed by atoms with E-state index in [1.54, 1.807) is 19.9 Å². The number of fused-ring (bicyclic) bond motifs is 1. The molecule has 0 saturated carbocycles. The molecule has 9 nitrogen and oxygen atoms in total. The van der Waals surface area contributed by atoms with Gasteiger partial charge in [-0.3, -0.25) is 0 Å². The molecule has 1 aliphatic rings. The molecule has 0 radical (unpaired) electrons. The fourth-order valence-electron chi connectivity index (χ4n) is 4.07. The topological polar surface area (TPSA) is 113 Å². The van der Waals surface area contributed by atoms with E-state index >= 15 is 0 Å². The lowest BCUT2D eigenvalue weighted by atomic mass is 9.88. The molecule has 2 atom stereocenters. The zero-order valence-electron chi connectivity index (χ0n) is 18.6. The highest BCUT2D eigenvalue weighted by molar-refractivity contribution is 7.89. The molecule has 0 bridgehead atoms. The van der Waals surface area contributed by atoms with Gasteiger partial charge in [0.2, 0.25) is 10.0 Å². The number of nitrogens with one attached hydrogen (secondary N) is 2. The van der Waals surface area contributed by atoms with Crippen molar-refractivity contribution in [3.05, 3.63) is 57.6 Å². The molecular formula is C21H24ClFN6O3S. The van der Waals surface area contributed by atoms with E-state index in [-0.39, 0.29) is 16.5 Å². The molecule has 2 aromatic carbocycles. The largest absolute Gasteiger partial charge is 0.488 e. The Hall–Kier alpha value is -2.76. The molecule has 0 aliphatic carbocycles. The average molecular weight is 495 g/mol. The van der Waals surface area contributed by atoms with Crippen molar-refractivity contribution >= 4 is 27.3 Å². The van der Waals surface area contributed by atoms with Crippen LogP contribution in [0.5, 0.6) is 5.75 Å². The first kappa shape index (κ1) is 23.4. The molecule has 0 amide bonds. The first-order valence-electron chi connectivity index (χ1n) is 10.3. The monoisotopic (exact) mass is 494 g/mol. The van der Waals surface area contributed by atoms with E-state index in [1.165, 1.54) is 18.2 Å². The van der Waals surface area contributed by atoms with Crippen LogP contribution >= 0.6 is 11.6 Å². The van der Waals surface area contributed by atoms with Crippen LogP contribution in [0.15, 0.2) is 29.2 Å². The maximum Gasteiger partial charge on any atom is 0.245 e. The molecule has 0 unspecified atom stereocenters. The quantitative estimate of drug-likeness (QED) is 0.540. The number of halogens is 2. The van der Waals surface area contributed by atoms with Gasteiger partial charge in [0.05, 0.1) is 23.3 Å². The van der Waals surface area contributed by atoms with E-state index in [1.807, 2.05) is 18.9 Å². The number of anilines is 1. The molecule has 0 saturated heterocycles. The molecule has 4 rings (SSSR count). The van der Waals surface area contributed by atoms with Crippen LogP contribution in [0.4, 0.5) is 10.1 Å². The van der Waals surface area contributed by atoms with Crippen LogP contribution in [-0.4, -0.2) is 49.2 Å². The first-order chi connectivity index (χ1) is 15.6. The van der Waals surface area contributed by atoms with Crippen molar-refractivity contribution in [1.29, 1.82) is 0 Å². The van der Waals surface area contributed by atoms with Crippen molar-refractivity contribution < 1.29 is 17.5 Å². The van der Waals surface area contributed by atoms with E-state index in [0.29, 0.717) is 29.4 Å². The Morgan fingerprint density at radius 2 is 2.03 bits per heavy atom. The average Bonchev–Trinajstić information content (AvgIpc) is 3.29. The van der Waals surface area contributed by atoms with E-state index in [2.05, 4.69) is 25.3 Å². The van der Waals surface area contributed by atoms with Gasteiger partial charge < -0.3 is 9.64 Å². The lowest BCUT2D eigenvalue weighted by Crippen LogP contribution is -2.35. The number of hydrogen-bond acceptors (Lipinski definition) is 7. The maximum absolute atomic E-state index is 14.9. The molecule has 33 heavy (non-hydrogen) atoms. The maximum atomic E-state index is 14.9. The second-order valence-electron chi connectivity index (χ2n) is 8.05. The third-order valence-corrected chi connectivity index (χ3v) is 7.77. The minimum Gasteiger partial charge on any atom is -0.488 e. The molecule has 2 N–H and O–H groups in total. The lowest BCUT2D eigenvalue weighted by molar-refractivity contribution is 0.302. The van der Waals surface area contributed by atoms with Gasteiger partial charge in [0.15, 0.2) is 11.6 Å². The summed E-state index contributed by atoms with van der Waals surface area (Å²) in [5.74, 6) is -0.829. The fraction of sp³-hybridized carbons (Fsp3) is 0.381. The van der Waals surface area contributed by atoms with E-state index in [0.717, 1.165) is 11.1 Å². The van der Waals surface area contributed by atoms with E-state index < -0.39 is 27.8 Å². The van der Waals surface area contributed by atoms with E-state index in [9.17, 15) is 12.8 Å². The molecular weight excluding hydrogens is 471 g/mol. The summed E-state index contributed by atoms with van der Waals surface area (Å²) >= 11 is 6.32. The summed E-state index contributed by atoms with van der Waals surface area (Å²) in [5.41, 5.74) is 2.48. The van der Waals surface area contributed by atoms with Crippen LogP contribution < -0.4 is 14.4 Å². The first-order valence-corrected chi connectivity index (χ1v) is 12.2. The molecule has 0 spiro atoms. The normalized spacial score (nSPS) is 15.6. The number of likely N-dealkylation sites (N-methyl/N-ethyl adjacent to an activating group) is 1. The minimum atomic E-state index is -4.16. The Morgan fingerprint density at radius 3 is 2.73 bits per heavy atom. The molecule has 0 fully saturated rings. The number of hydrogen-bond donors (Lipinski definition) is 2. The predicted molar refractivity (Wildman–Crippen MR) is 122 cm³/mol. The van der Waals surface area contributed by atoms with Crippen molar-refractivity contribution in [3.8, 4) is 5.75 Å². The number of aryl methyl sites for hydroxylation is 1. The van der Waals surface area contributed by atoms with Crippen molar-refractivity contribution in [3.63, 3.8) is 0 Å². The summed E-state index contributed by atoms with van der Waals surface area (Å²) in [5, 5.41) is 14.2. The summed E-state index contributed by atoms with van der Waals surface area (Å²) in [6.45, 7) is 6.26. The fourth-order valence-corrected chi connectivity index (χ4v) is 5.78. The lowest BCUT2D eigenvalue weighted by Gasteiger charge is -2.30. The minimum absolute atomic E-state index is 0.0735. The Kier molecular flexibility index (Phi) is 6.30. The molecule has 12 heteroatoms. The highest BCUT2D eigenvalue weighted by atomic mass is 35.5. The molecule has 1 aromatic heterocycles. The number of aromatic amines is 1. The van der Waals surface area contributed by atoms with Crippen LogP contribution in [0.3, 0.4) is 0 Å². The molecule has 2 heterocycles. The van der Waals surface area contributed by atoms with Gasteiger partial charge in [0.1, 0.15) is 17.3 Å². The van der Waals surface area contributed by atoms with Gasteiger partial charge in [-0.1, -0.05) is 29.8 Å². The number of tetrazole rings is 1. The summed E-state index contributed by atoms with van der Waals surface area (Å²) in [6, 6.07) is 4.95. The van der Waals surface area contributed by atoms with Crippen molar-refractivity contribution in [2.45, 2.75) is 37.6 Å². The van der Waals surface area contributed by atoms with Crippen molar-refractivity contribution in [1.82, 2.24) is 25.3 Å². The van der Waals surface area contributed by atoms with E-state index in [4.69, 9.17) is 16.3 Å². The summed E-state index contributed by atoms with van der Waals surface area (Å²) in [6.07, 6.45) is 0. The molecule has 3 aromatic rings. The number of nitrogens with zero attached hydrogens (tertiary/aromatic N) is 4. The molecule has 176 valence electrons. The van der Waals surface area contributed by atoms with Crippen molar-refractivity contribution in [2.24, 2.45) is 0 Å². The number of rotatable bonds is 6. The van der Waals surface area contributed by atoms with Gasteiger partial charge in [-0.15, -0.1) is 10.2 Å². The standard InChI is InChI=1S/C21H24ClFN6O3S/c1-11-5-7-15(23)17(12(11)2)13(3)18(21-24-27-28-25-21)26-33(30,31)16-8-6-14(22)19-20(16)32-10-9-29(19)4/h5-8,13,18,26H,9-10H2,1-4H3,(H,24,25,27,28)/t13-,18+/m1/s1. The number of sulfonamides is 1. The zero-order chi connectivity index (χ0) is 23.9. The Bertz CT molecular complexity index is 1290. The number of aromatic nitrogens is 4. The zero-order valence-corrected chi connectivity index (χ0v) is 20.1. The molecule has 1 aliphatic heterocycles. The van der Waals surface area contributed by atoms with Crippen LogP contribution in [0.2, 0.25) is 5.02 Å². The second kappa shape index (κ2) is 8.88. The Labute approximate surface area is 196 Å². The summed E-state index contributed by atoms with van der Waals surface area (Å²) in [7, 11) is -2.35. The van der Waals surface area contributed by atoms with Gasteiger partial charge in [-0.05, 0) is 48.7 Å². The van der Waals surface area contributed by atoms with Crippen LogP contribution in [0.1, 0.15) is 41.4 Å². The van der Waals surface area contributed by atoms with Crippen LogP contribution in [-0.2, 0) is 10.0 Å². The smallest absolute Gasteiger partial charge is 0.245 e.